The van der Waals surface area contributed by atoms with E-state index >= 15 is 0 Å². The summed E-state index contributed by atoms with van der Waals surface area (Å²) in [6.45, 7) is 4.75. The van der Waals surface area contributed by atoms with E-state index < -0.39 is 10.8 Å². The highest BCUT2D eigenvalue weighted by atomic mass is 16.3. The Balaban J connectivity index is 0.932. The lowest BCUT2D eigenvalue weighted by atomic mass is 9.67. The smallest absolute Gasteiger partial charge is 0.159 e. The van der Waals surface area contributed by atoms with Crippen molar-refractivity contribution in [3.8, 4) is 33.4 Å². The van der Waals surface area contributed by atoms with Crippen molar-refractivity contribution in [2.75, 3.05) is 9.80 Å². The predicted molar refractivity (Wildman–Crippen MR) is 355 cm³/mol. The molecule has 0 N–H and O–H groups in total. The second-order valence-electron chi connectivity index (χ2n) is 23.8. The Morgan fingerprint density at radius 1 is 0.267 bits per heavy atom. The maximum absolute atomic E-state index is 7.86. The van der Waals surface area contributed by atoms with Gasteiger partial charge in [0.05, 0.1) is 27.6 Å². The largest absolute Gasteiger partial charge is 0.453 e. The fraction of sp³-hybridized carbons (Fsp3) is 0.0602. The third-order valence-electron chi connectivity index (χ3n) is 19.2. The number of hydrogen-bond donors (Lipinski definition) is 0. The van der Waals surface area contributed by atoms with Crippen LogP contribution in [0, 0.1) is 0 Å². The second-order valence-corrected chi connectivity index (χ2v) is 23.8. The Bertz CT molecular complexity index is 4890. The first-order valence-corrected chi connectivity index (χ1v) is 30.0. The second kappa shape index (κ2) is 19.2. The number of rotatable bonds is 10. The van der Waals surface area contributed by atoms with Crippen LogP contribution in [0.5, 0.6) is 0 Å². The maximum atomic E-state index is 7.86. The number of hydrogen-bond acceptors (Lipinski definition) is 3. The minimum absolute atomic E-state index is 0.349. The Kier molecular flexibility index (Phi) is 11.1. The molecule has 406 valence electrons. The molecule has 13 aromatic carbocycles. The number of para-hydroxylation sites is 3. The molecule has 0 fully saturated rings. The van der Waals surface area contributed by atoms with Crippen molar-refractivity contribution >= 4 is 56.1 Å². The predicted octanol–water partition coefficient (Wildman–Crippen LogP) is 21.6. The first kappa shape index (κ1) is 49.8. The van der Waals surface area contributed by atoms with E-state index in [4.69, 9.17) is 4.42 Å². The summed E-state index contributed by atoms with van der Waals surface area (Å²) < 4.78 is 7.86. The van der Waals surface area contributed by atoms with Crippen molar-refractivity contribution in [1.82, 2.24) is 0 Å². The molecular weight excluding hydrogens is 1040 g/mol. The summed E-state index contributed by atoms with van der Waals surface area (Å²) in [6.07, 6.45) is 0. The fourth-order valence-corrected chi connectivity index (χ4v) is 15.6. The SMILES string of the molecule is CC1(C)c2ccccc2-c2c1cc(N(c1ccccc1)c1cccc(C3(c4ccccc4)c4ccccc4-c4ccccc43)c1)c1c2oc2c(N(c3ccccc3)c3cccc(C4(c5ccccc5)c5ccccc5-c5ccccc54)c3)cccc21. The van der Waals surface area contributed by atoms with Gasteiger partial charge in [-0.2, -0.15) is 0 Å². The molecule has 14 aromatic rings. The van der Waals surface area contributed by atoms with E-state index in [0.717, 1.165) is 61.6 Å². The molecule has 0 unspecified atom stereocenters. The summed E-state index contributed by atoms with van der Waals surface area (Å²) in [5.41, 5.74) is 26.2. The van der Waals surface area contributed by atoms with Gasteiger partial charge in [-0.15, -0.1) is 0 Å². The van der Waals surface area contributed by atoms with E-state index in [9.17, 15) is 0 Å². The molecule has 1 aromatic heterocycles. The van der Waals surface area contributed by atoms with Crippen LogP contribution in [0.4, 0.5) is 34.1 Å². The molecule has 86 heavy (non-hydrogen) atoms. The van der Waals surface area contributed by atoms with E-state index in [1.165, 1.54) is 83.5 Å². The van der Waals surface area contributed by atoms with Crippen LogP contribution >= 0.6 is 0 Å². The van der Waals surface area contributed by atoms with Crippen LogP contribution in [-0.2, 0) is 16.2 Å². The zero-order valence-corrected chi connectivity index (χ0v) is 47.8. The van der Waals surface area contributed by atoms with Gasteiger partial charge in [0.2, 0.25) is 0 Å². The molecule has 0 bridgehead atoms. The summed E-state index contributed by atoms with van der Waals surface area (Å²) in [5.74, 6) is 0. The van der Waals surface area contributed by atoms with Crippen LogP contribution < -0.4 is 9.80 Å². The van der Waals surface area contributed by atoms with Crippen LogP contribution in [0.25, 0.3) is 55.3 Å². The molecule has 0 atom stereocenters. The monoisotopic (exact) mass is 1100 g/mol. The van der Waals surface area contributed by atoms with Crippen molar-refractivity contribution in [3.63, 3.8) is 0 Å². The van der Waals surface area contributed by atoms with Gasteiger partial charge in [-0.1, -0.05) is 269 Å². The normalized spacial score (nSPS) is 14.2. The average molecular weight is 1100 g/mol. The molecule has 17 rings (SSSR count). The standard InChI is InChI=1S/C83H58N2O/c1-81(2)69-46-20-19-44-67(69)77-74(81)54-76(85(60-36-13-6-14-37-60)62-39-26-33-58(53-62)83(56-30-9-4-10-31-56)72-49-23-17-42-65(72)66-43-18-24-50-73(66)83)78-68-45-27-51-75(79(68)86-80(77)78)84(59-34-11-5-12-35-59)61-38-25-32-57(52-61)82(55-28-7-3-8-29-55)70-47-21-15-40-63(70)64-41-16-22-48-71(64)82/h3-54H,1-2H3. The van der Waals surface area contributed by atoms with Crippen LogP contribution in [-0.4, -0.2) is 0 Å². The van der Waals surface area contributed by atoms with Gasteiger partial charge in [0, 0.05) is 39.1 Å². The molecule has 0 amide bonds. The lowest BCUT2D eigenvalue weighted by molar-refractivity contribution is 0.653. The third kappa shape index (κ3) is 6.97. The maximum Gasteiger partial charge on any atom is 0.159 e. The van der Waals surface area contributed by atoms with Crippen molar-refractivity contribution in [3.05, 3.63) is 371 Å². The molecule has 3 heteroatoms. The Hall–Kier alpha value is -10.7. The van der Waals surface area contributed by atoms with E-state index in [1.54, 1.807) is 0 Å². The van der Waals surface area contributed by atoms with E-state index in [-0.39, 0.29) is 5.41 Å². The molecule has 0 saturated carbocycles. The highest BCUT2D eigenvalue weighted by Gasteiger charge is 2.48. The van der Waals surface area contributed by atoms with Gasteiger partial charge in [-0.3, -0.25) is 0 Å². The van der Waals surface area contributed by atoms with Crippen LogP contribution in [0.3, 0.4) is 0 Å². The number of benzene rings is 13. The van der Waals surface area contributed by atoms with Crippen molar-refractivity contribution in [2.45, 2.75) is 30.1 Å². The molecule has 3 aliphatic carbocycles. The Morgan fingerprint density at radius 3 is 1.09 bits per heavy atom. The summed E-state index contributed by atoms with van der Waals surface area (Å²) in [5, 5.41) is 2.09. The Labute approximate surface area is 502 Å². The zero-order valence-electron chi connectivity index (χ0n) is 47.8. The van der Waals surface area contributed by atoms with Crippen molar-refractivity contribution in [2.24, 2.45) is 0 Å². The van der Waals surface area contributed by atoms with Gasteiger partial charge in [0.25, 0.3) is 0 Å². The Morgan fingerprint density at radius 2 is 0.628 bits per heavy atom. The first-order valence-electron chi connectivity index (χ1n) is 30.0. The van der Waals surface area contributed by atoms with Gasteiger partial charge in [0.15, 0.2) is 5.58 Å². The lowest BCUT2D eigenvalue weighted by Crippen LogP contribution is -2.28. The summed E-state index contributed by atoms with van der Waals surface area (Å²) in [6, 6.07) is 117. The van der Waals surface area contributed by atoms with Gasteiger partial charge < -0.3 is 14.2 Å². The molecule has 0 radical (unpaired) electrons. The van der Waals surface area contributed by atoms with E-state index in [1.807, 2.05) is 0 Å². The highest BCUT2D eigenvalue weighted by molar-refractivity contribution is 6.21. The van der Waals surface area contributed by atoms with Crippen molar-refractivity contribution < 1.29 is 4.42 Å². The molecular formula is C83H58N2O. The van der Waals surface area contributed by atoms with Gasteiger partial charge in [-0.25, -0.2) is 0 Å². The third-order valence-corrected chi connectivity index (χ3v) is 19.2. The average Bonchev–Trinajstić information content (AvgIpc) is 2.16. The van der Waals surface area contributed by atoms with Crippen LogP contribution in [0.15, 0.2) is 320 Å². The zero-order chi connectivity index (χ0) is 57.1. The number of fused-ring (bicyclic) bond motifs is 13. The molecule has 3 aliphatic rings. The van der Waals surface area contributed by atoms with Gasteiger partial charge in [0.1, 0.15) is 5.58 Å². The number of anilines is 6. The number of nitrogens with zero attached hydrogens (tertiary/aromatic N) is 2. The molecule has 1 heterocycles. The topological polar surface area (TPSA) is 19.6 Å². The number of furan rings is 1. The molecule has 3 nitrogen and oxygen atoms in total. The summed E-state index contributed by atoms with van der Waals surface area (Å²) in [7, 11) is 0. The van der Waals surface area contributed by atoms with Crippen LogP contribution in [0.1, 0.15) is 69.5 Å². The molecule has 0 saturated heterocycles. The van der Waals surface area contributed by atoms with Gasteiger partial charge in [-0.05, 0) is 144 Å². The summed E-state index contributed by atoms with van der Waals surface area (Å²) in [4.78, 5) is 4.91. The van der Waals surface area contributed by atoms with E-state index in [2.05, 4.69) is 339 Å². The molecule has 0 spiro atoms. The van der Waals surface area contributed by atoms with Crippen LogP contribution in [0.2, 0.25) is 0 Å². The van der Waals surface area contributed by atoms with Crippen molar-refractivity contribution in [1.29, 1.82) is 0 Å². The first-order chi connectivity index (χ1) is 42.5. The quantitative estimate of drug-likeness (QED) is 0.136. The van der Waals surface area contributed by atoms with E-state index in [0.29, 0.717) is 0 Å². The minimum atomic E-state index is -0.593. The highest BCUT2D eigenvalue weighted by Crippen LogP contribution is 2.61. The lowest BCUT2D eigenvalue weighted by Gasteiger charge is -2.35. The molecule has 0 aliphatic heterocycles. The van der Waals surface area contributed by atoms with Gasteiger partial charge >= 0.3 is 0 Å². The summed E-state index contributed by atoms with van der Waals surface area (Å²) >= 11 is 0. The fourth-order valence-electron chi connectivity index (χ4n) is 15.6. The minimum Gasteiger partial charge on any atom is -0.453 e.